The summed E-state index contributed by atoms with van der Waals surface area (Å²) in [6.07, 6.45) is 0.282. The molecule has 2 rings (SSSR count). The van der Waals surface area contributed by atoms with Gasteiger partial charge in [-0.15, -0.1) is 0 Å². The molecule has 1 atom stereocenters. The Bertz CT molecular complexity index is 590. The first-order valence-corrected chi connectivity index (χ1v) is 6.98. The molecule has 3 nitrogen and oxygen atoms in total. The van der Waals surface area contributed by atoms with Crippen molar-refractivity contribution < 1.29 is 14.3 Å². The number of hydrogen-bond donors (Lipinski definition) is 0. The van der Waals surface area contributed by atoms with E-state index in [-0.39, 0.29) is 18.3 Å². The third-order valence-corrected chi connectivity index (χ3v) is 3.64. The minimum atomic E-state index is -0.245. The highest BCUT2D eigenvalue weighted by Gasteiger charge is 2.18. The average Bonchev–Trinajstić information content (AvgIpc) is 2.53. The highest BCUT2D eigenvalue weighted by Crippen LogP contribution is 2.30. The second-order valence-corrected chi connectivity index (χ2v) is 5.09. The summed E-state index contributed by atoms with van der Waals surface area (Å²) in [7, 11) is 3.02. The maximum absolute atomic E-state index is 11.7. The van der Waals surface area contributed by atoms with Crippen molar-refractivity contribution in [2.45, 2.75) is 12.3 Å². The molecule has 2 aromatic rings. The predicted octanol–water partition coefficient (Wildman–Crippen LogP) is 4.04. The largest absolute Gasteiger partial charge is 0.497 e. The van der Waals surface area contributed by atoms with Gasteiger partial charge in [-0.05, 0) is 35.4 Å². The van der Waals surface area contributed by atoms with Crippen LogP contribution in [0.5, 0.6) is 5.75 Å². The van der Waals surface area contributed by atoms with Gasteiger partial charge in [-0.3, -0.25) is 4.79 Å². The quantitative estimate of drug-likeness (QED) is 0.782. The van der Waals surface area contributed by atoms with Crippen LogP contribution in [0.4, 0.5) is 0 Å². The minimum Gasteiger partial charge on any atom is -0.497 e. The van der Waals surface area contributed by atoms with E-state index >= 15 is 0 Å². The molecule has 0 fully saturated rings. The smallest absolute Gasteiger partial charge is 0.306 e. The van der Waals surface area contributed by atoms with E-state index in [9.17, 15) is 4.79 Å². The Hall–Kier alpha value is -2.00. The number of methoxy groups -OCH3 is 2. The van der Waals surface area contributed by atoms with E-state index in [0.29, 0.717) is 5.02 Å². The van der Waals surface area contributed by atoms with Crippen molar-refractivity contribution in [1.29, 1.82) is 0 Å². The van der Waals surface area contributed by atoms with Gasteiger partial charge in [-0.2, -0.15) is 0 Å². The highest BCUT2D eigenvalue weighted by molar-refractivity contribution is 6.30. The first-order valence-electron chi connectivity index (χ1n) is 6.60. The van der Waals surface area contributed by atoms with Crippen LogP contribution in [-0.4, -0.2) is 20.2 Å². The zero-order valence-electron chi connectivity index (χ0n) is 12.0. The van der Waals surface area contributed by atoms with Gasteiger partial charge in [0, 0.05) is 10.9 Å². The number of halogens is 1. The van der Waals surface area contributed by atoms with Crippen LogP contribution in [0.25, 0.3) is 0 Å². The fourth-order valence-electron chi connectivity index (χ4n) is 2.21. The molecule has 0 aromatic heterocycles. The number of rotatable bonds is 5. The average molecular weight is 305 g/mol. The van der Waals surface area contributed by atoms with Gasteiger partial charge >= 0.3 is 5.97 Å². The zero-order chi connectivity index (χ0) is 15.2. The molecule has 110 valence electrons. The molecule has 21 heavy (non-hydrogen) atoms. The number of esters is 1. The maximum Gasteiger partial charge on any atom is 0.306 e. The number of carbonyl (C=O) groups excluding carboxylic acids is 1. The SMILES string of the molecule is COC(=O)CC(c1ccc(Cl)cc1)c1ccc(OC)cc1. The summed E-state index contributed by atoms with van der Waals surface area (Å²) < 4.78 is 9.97. The van der Waals surface area contributed by atoms with Gasteiger partial charge in [-0.25, -0.2) is 0 Å². The van der Waals surface area contributed by atoms with Crippen molar-refractivity contribution in [3.05, 3.63) is 64.7 Å². The molecule has 0 amide bonds. The number of benzene rings is 2. The van der Waals surface area contributed by atoms with Crippen LogP contribution in [0.1, 0.15) is 23.5 Å². The van der Waals surface area contributed by atoms with Crippen molar-refractivity contribution in [2.75, 3.05) is 14.2 Å². The monoisotopic (exact) mass is 304 g/mol. The molecular weight excluding hydrogens is 288 g/mol. The Morgan fingerprint density at radius 3 is 2.00 bits per heavy atom. The lowest BCUT2D eigenvalue weighted by Gasteiger charge is -2.17. The minimum absolute atomic E-state index is 0.0689. The first-order chi connectivity index (χ1) is 10.1. The molecule has 0 aliphatic heterocycles. The van der Waals surface area contributed by atoms with E-state index < -0.39 is 0 Å². The van der Waals surface area contributed by atoms with Gasteiger partial charge in [0.25, 0.3) is 0 Å². The van der Waals surface area contributed by atoms with Crippen molar-refractivity contribution in [3.8, 4) is 5.75 Å². The van der Waals surface area contributed by atoms with Crippen LogP contribution < -0.4 is 4.74 Å². The Balaban J connectivity index is 2.34. The lowest BCUT2D eigenvalue weighted by atomic mass is 9.88. The molecule has 0 N–H and O–H groups in total. The van der Waals surface area contributed by atoms with Gasteiger partial charge in [0.1, 0.15) is 5.75 Å². The molecule has 0 heterocycles. The van der Waals surface area contributed by atoms with Crippen molar-refractivity contribution >= 4 is 17.6 Å². The fourth-order valence-corrected chi connectivity index (χ4v) is 2.34. The number of ether oxygens (including phenoxy) is 2. The zero-order valence-corrected chi connectivity index (χ0v) is 12.8. The molecule has 0 saturated heterocycles. The Kier molecular flexibility index (Phi) is 5.23. The molecule has 0 aliphatic carbocycles. The molecule has 0 saturated carbocycles. The summed E-state index contributed by atoms with van der Waals surface area (Å²) in [6.45, 7) is 0. The van der Waals surface area contributed by atoms with Crippen molar-refractivity contribution in [2.24, 2.45) is 0 Å². The Labute approximate surface area is 129 Å². The van der Waals surface area contributed by atoms with Crippen LogP contribution in [0, 0.1) is 0 Å². The number of hydrogen-bond acceptors (Lipinski definition) is 3. The molecular formula is C17H17ClO3. The highest BCUT2D eigenvalue weighted by atomic mass is 35.5. The van der Waals surface area contributed by atoms with E-state index in [1.165, 1.54) is 7.11 Å². The van der Waals surface area contributed by atoms with Crippen LogP contribution in [0.3, 0.4) is 0 Å². The van der Waals surface area contributed by atoms with Gasteiger partial charge < -0.3 is 9.47 Å². The van der Waals surface area contributed by atoms with Crippen LogP contribution in [0.15, 0.2) is 48.5 Å². The third kappa shape index (κ3) is 3.99. The first kappa shape index (κ1) is 15.4. The lowest BCUT2D eigenvalue weighted by Crippen LogP contribution is -2.10. The molecule has 0 radical (unpaired) electrons. The molecule has 0 spiro atoms. The van der Waals surface area contributed by atoms with Crippen LogP contribution >= 0.6 is 11.6 Å². The van der Waals surface area contributed by atoms with E-state index in [0.717, 1.165) is 16.9 Å². The van der Waals surface area contributed by atoms with Gasteiger partial charge in [0.2, 0.25) is 0 Å². The summed E-state index contributed by atoms with van der Waals surface area (Å²) in [5, 5.41) is 0.672. The summed E-state index contributed by atoms with van der Waals surface area (Å²) >= 11 is 5.93. The molecule has 0 bridgehead atoms. The second kappa shape index (κ2) is 7.14. The summed E-state index contributed by atoms with van der Waals surface area (Å²) in [6, 6.07) is 15.2. The maximum atomic E-state index is 11.7. The van der Waals surface area contributed by atoms with Crippen molar-refractivity contribution in [3.63, 3.8) is 0 Å². The topological polar surface area (TPSA) is 35.5 Å². The Morgan fingerprint density at radius 1 is 1.00 bits per heavy atom. The molecule has 4 heteroatoms. The van der Waals surface area contributed by atoms with E-state index in [4.69, 9.17) is 21.1 Å². The molecule has 1 unspecified atom stereocenters. The van der Waals surface area contributed by atoms with Gasteiger partial charge in [0.15, 0.2) is 0 Å². The van der Waals surface area contributed by atoms with E-state index in [1.807, 2.05) is 48.5 Å². The molecule has 0 aliphatic rings. The summed E-state index contributed by atoms with van der Waals surface area (Å²) in [5.41, 5.74) is 2.05. The predicted molar refractivity (Wildman–Crippen MR) is 82.9 cm³/mol. The van der Waals surface area contributed by atoms with Crippen molar-refractivity contribution in [1.82, 2.24) is 0 Å². The van der Waals surface area contributed by atoms with E-state index in [1.54, 1.807) is 7.11 Å². The molecule has 2 aromatic carbocycles. The van der Waals surface area contributed by atoms with Crippen LogP contribution in [0.2, 0.25) is 5.02 Å². The van der Waals surface area contributed by atoms with Crippen LogP contribution in [-0.2, 0) is 9.53 Å². The summed E-state index contributed by atoms with van der Waals surface area (Å²) in [5.74, 6) is 0.470. The second-order valence-electron chi connectivity index (χ2n) is 4.66. The fraction of sp³-hybridized carbons (Fsp3) is 0.235. The number of carbonyl (C=O) groups is 1. The lowest BCUT2D eigenvalue weighted by molar-refractivity contribution is -0.140. The third-order valence-electron chi connectivity index (χ3n) is 3.39. The van der Waals surface area contributed by atoms with Gasteiger partial charge in [0.05, 0.1) is 20.6 Å². The van der Waals surface area contributed by atoms with E-state index in [2.05, 4.69) is 0 Å². The Morgan fingerprint density at radius 2 is 1.52 bits per heavy atom. The standard InChI is InChI=1S/C17H17ClO3/c1-20-15-9-5-13(6-10-15)16(11-17(19)21-2)12-3-7-14(18)8-4-12/h3-10,16H,11H2,1-2H3. The van der Waals surface area contributed by atoms with Gasteiger partial charge in [-0.1, -0.05) is 35.9 Å². The summed E-state index contributed by atoms with van der Waals surface area (Å²) in [4.78, 5) is 11.7. The normalized spacial score (nSPS) is 11.8.